The van der Waals surface area contributed by atoms with Gasteiger partial charge in [0.05, 0.1) is 5.69 Å². The minimum absolute atomic E-state index is 0.898. The molecule has 12 aromatic rings. The van der Waals surface area contributed by atoms with Gasteiger partial charge in [0.2, 0.25) is 0 Å². The minimum Gasteiger partial charge on any atom is -0.456 e. The average molecular weight is 790 g/mol. The number of nitrogens with zero attached hydrogens (tertiary/aromatic N) is 1. The van der Waals surface area contributed by atoms with Crippen molar-refractivity contribution in [2.24, 2.45) is 0 Å². The lowest BCUT2D eigenvalue weighted by molar-refractivity contribution is 0.669. The van der Waals surface area contributed by atoms with E-state index in [-0.39, 0.29) is 0 Å². The highest BCUT2D eigenvalue weighted by Gasteiger charge is 2.19. The third-order valence-electron chi connectivity index (χ3n) is 12.5. The van der Waals surface area contributed by atoms with Crippen LogP contribution in [0.5, 0.6) is 0 Å². The molecule has 0 radical (unpaired) electrons. The second-order valence-electron chi connectivity index (χ2n) is 16.0. The smallest absolute Gasteiger partial charge is 0.136 e. The SMILES string of the molecule is c1ccc(N(c2ccc(-c3cccc4c3ccc3ccccc34)cc2)c2ccc(-c3cccc4oc5ccccc5c34)cc2)c(-c2ccc(-c3ccc4ccccc4c3)cc2)c1. The summed E-state index contributed by atoms with van der Waals surface area (Å²) in [6.07, 6.45) is 0. The highest BCUT2D eigenvalue weighted by Crippen LogP contribution is 2.44. The van der Waals surface area contributed by atoms with Gasteiger partial charge in [-0.2, -0.15) is 0 Å². The average Bonchev–Trinajstić information content (AvgIpc) is 3.74. The molecule has 290 valence electrons. The zero-order valence-corrected chi connectivity index (χ0v) is 33.9. The Labute approximate surface area is 360 Å². The molecule has 0 N–H and O–H groups in total. The maximum absolute atomic E-state index is 6.27. The molecule has 0 aliphatic rings. The molecule has 12 rings (SSSR count). The van der Waals surface area contributed by atoms with E-state index in [1.54, 1.807) is 0 Å². The molecule has 2 nitrogen and oxygen atoms in total. The zero-order chi connectivity index (χ0) is 41.0. The molecule has 0 saturated heterocycles. The first-order valence-electron chi connectivity index (χ1n) is 21.2. The summed E-state index contributed by atoms with van der Waals surface area (Å²) in [5, 5.41) is 9.82. The van der Waals surface area contributed by atoms with E-state index in [1.165, 1.54) is 54.6 Å². The number of para-hydroxylation sites is 2. The summed E-state index contributed by atoms with van der Waals surface area (Å²) in [6.45, 7) is 0. The van der Waals surface area contributed by atoms with Gasteiger partial charge in [-0.05, 0) is 120 Å². The number of fused-ring (bicyclic) bond motifs is 7. The van der Waals surface area contributed by atoms with Crippen molar-refractivity contribution in [1.82, 2.24) is 0 Å². The predicted octanol–water partition coefficient (Wildman–Crippen LogP) is 17.2. The van der Waals surface area contributed by atoms with Gasteiger partial charge >= 0.3 is 0 Å². The van der Waals surface area contributed by atoms with Gasteiger partial charge in [0, 0.05) is 27.7 Å². The van der Waals surface area contributed by atoms with Crippen molar-refractivity contribution in [3.63, 3.8) is 0 Å². The van der Waals surface area contributed by atoms with Crippen LogP contribution in [-0.2, 0) is 0 Å². The van der Waals surface area contributed by atoms with Crippen molar-refractivity contribution in [3.8, 4) is 44.5 Å². The fourth-order valence-corrected chi connectivity index (χ4v) is 9.44. The molecule has 0 fully saturated rings. The van der Waals surface area contributed by atoms with E-state index >= 15 is 0 Å². The molecule has 0 aliphatic carbocycles. The van der Waals surface area contributed by atoms with Crippen molar-refractivity contribution in [1.29, 1.82) is 0 Å². The molecule has 1 aromatic heterocycles. The number of anilines is 3. The Morgan fingerprint density at radius 2 is 0.790 bits per heavy atom. The monoisotopic (exact) mass is 789 g/mol. The normalized spacial score (nSPS) is 11.5. The highest BCUT2D eigenvalue weighted by molar-refractivity contribution is 6.13. The molecule has 2 heteroatoms. The van der Waals surface area contributed by atoms with E-state index in [4.69, 9.17) is 4.42 Å². The molecule has 11 aromatic carbocycles. The van der Waals surface area contributed by atoms with Crippen LogP contribution in [0.4, 0.5) is 17.1 Å². The van der Waals surface area contributed by atoms with Crippen LogP contribution in [0.2, 0.25) is 0 Å². The molecular formula is C60H39NO. The van der Waals surface area contributed by atoms with Crippen LogP contribution in [0.15, 0.2) is 241 Å². The van der Waals surface area contributed by atoms with E-state index in [0.29, 0.717) is 0 Å². The molecule has 0 bridgehead atoms. The lowest BCUT2D eigenvalue weighted by Gasteiger charge is -2.28. The molecule has 1 heterocycles. The maximum Gasteiger partial charge on any atom is 0.136 e. The van der Waals surface area contributed by atoms with E-state index in [1.807, 2.05) is 12.1 Å². The van der Waals surface area contributed by atoms with Crippen LogP contribution in [0.1, 0.15) is 0 Å². The third-order valence-corrected chi connectivity index (χ3v) is 12.5. The van der Waals surface area contributed by atoms with Crippen LogP contribution in [0.3, 0.4) is 0 Å². The highest BCUT2D eigenvalue weighted by atomic mass is 16.3. The van der Waals surface area contributed by atoms with Crippen molar-refractivity contribution in [2.75, 3.05) is 4.90 Å². The van der Waals surface area contributed by atoms with Gasteiger partial charge in [-0.3, -0.25) is 0 Å². The Bertz CT molecular complexity index is 3620. The van der Waals surface area contributed by atoms with Crippen molar-refractivity contribution >= 4 is 71.3 Å². The van der Waals surface area contributed by atoms with Crippen molar-refractivity contribution in [3.05, 3.63) is 237 Å². The summed E-state index contributed by atoms with van der Waals surface area (Å²) in [6, 6.07) is 85.5. The fourth-order valence-electron chi connectivity index (χ4n) is 9.44. The predicted molar refractivity (Wildman–Crippen MR) is 263 cm³/mol. The number of hydrogen-bond acceptors (Lipinski definition) is 2. The minimum atomic E-state index is 0.898. The first kappa shape index (κ1) is 35.7. The molecule has 62 heavy (non-hydrogen) atoms. The number of rotatable bonds is 7. The van der Waals surface area contributed by atoms with Crippen molar-refractivity contribution < 1.29 is 4.42 Å². The topological polar surface area (TPSA) is 16.4 Å². The Balaban J connectivity index is 0.968. The van der Waals surface area contributed by atoms with Crippen LogP contribution in [0, 0.1) is 0 Å². The summed E-state index contributed by atoms with van der Waals surface area (Å²) in [5.41, 5.74) is 14.5. The molecule has 0 unspecified atom stereocenters. The van der Waals surface area contributed by atoms with Crippen LogP contribution >= 0.6 is 0 Å². The Kier molecular flexibility index (Phi) is 8.53. The Morgan fingerprint density at radius 3 is 1.60 bits per heavy atom. The lowest BCUT2D eigenvalue weighted by atomic mass is 9.94. The van der Waals surface area contributed by atoms with E-state index < -0.39 is 0 Å². The lowest BCUT2D eigenvalue weighted by Crippen LogP contribution is -2.11. The molecule has 0 amide bonds. The number of benzene rings is 11. The Morgan fingerprint density at radius 1 is 0.274 bits per heavy atom. The van der Waals surface area contributed by atoms with Crippen LogP contribution in [-0.4, -0.2) is 0 Å². The standard InChI is InChI=1S/C60H39NO/c1-2-13-46-39-47(28-25-40(46)11-1)41-23-26-44(27-24-41)52-15-5-7-20-57(52)61(49-36-31-45(32-37-49)53-18-10-22-59-60(53)56-16-6-8-21-58(56)62-59)48-34-29-43(30-35-48)51-17-9-19-54-50-14-4-3-12-42(50)33-38-55(51)54/h1-39H. The molecular weight excluding hydrogens is 751 g/mol. The van der Waals surface area contributed by atoms with E-state index in [0.717, 1.165) is 61.3 Å². The van der Waals surface area contributed by atoms with Gasteiger partial charge in [-0.25, -0.2) is 0 Å². The largest absolute Gasteiger partial charge is 0.456 e. The van der Waals surface area contributed by atoms with Crippen molar-refractivity contribution in [2.45, 2.75) is 0 Å². The fraction of sp³-hybridized carbons (Fsp3) is 0. The van der Waals surface area contributed by atoms with Gasteiger partial charge < -0.3 is 9.32 Å². The molecule has 0 saturated carbocycles. The maximum atomic E-state index is 6.27. The van der Waals surface area contributed by atoms with E-state index in [2.05, 4.69) is 229 Å². The molecule has 0 atom stereocenters. The Hall–Kier alpha value is -8.20. The summed E-state index contributed by atoms with van der Waals surface area (Å²) in [4.78, 5) is 2.39. The quantitative estimate of drug-likeness (QED) is 0.150. The summed E-state index contributed by atoms with van der Waals surface area (Å²) >= 11 is 0. The number of furan rings is 1. The first-order valence-corrected chi connectivity index (χ1v) is 21.2. The zero-order valence-electron chi connectivity index (χ0n) is 33.9. The molecule has 0 aliphatic heterocycles. The van der Waals surface area contributed by atoms with Gasteiger partial charge in [0.15, 0.2) is 0 Å². The van der Waals surface area contributed by atoms with Gasteiger partial charge in [-0.15, -0.1) is 0 Å². The molecule has 0 spiro atoms. The van der Waals surface area contributed by atoms with Gasteiger partial charge in [0.1, 0.15) is 11.2 Å². The second-order valence-corrected chi connectivity index (χ2v) is 16.0. The summed E-state index contributed by atoms with van der Waals surface area (Å²) < 4.78 is 6.27. The first-order chi connectivity index (χ1) is 30.7. The van der Waals surface area contributed by atoms with Gasteiger partial charge in [0.25, 0.3) is 0 Å². The van der Waals surface area contributed by atoms with Gasteiger partial charge in [-0.1, -0.05) is 188 Å². The second kappa shape index (κ2) is 14.8. The van der Waals surface area contributed by atoms with E-state index in [9.17, 15) is 0 Å². The summed E-state index contributed by atoms with van der Waals surface area (Å²) in [7, 11) is 0. The summed E-state index contributed by atoms with van der Waals surface area (Å²) in [5.74, 6) is 0. The number of hydrogen-bond donors (Lipinski definition) is 0. The van der Waals surface area contributed by atoms with Crippen LogP contribution in [0.25, 0.3) is 98.8 Å². The van der Waals surface area contributed by atoms with Crippen LogP contribution < -0.4 is 4.90 Å². The third kappa shape index (κ3) is 6.12.